The average molecular weight is 232 g/mol. The van der Waals surface area contributed by atoms with Crippen LogP contribution in [0.2, 0.25) is 10.0 Å². The first-order chi connectivity index (χ1) is 6.50. The van der Waals surface area contributed by atoms with Crippen molar-refractivity contribution in [2.45, 2.75) is 26.3 Å². The van der Waals surface area contributed by atoms with E-state index in [9.17, 15) is 0 Å². The van der Waals surface area contributed by atoms with Gasteiger partial charge in [-0.2, -0.15) is 0 Å². The molecule has 0 amide bonds. The van der Waals surface area contributed by atoms with E-state index in [2.05, 4.69) is 13.8 Å². The average Bonchev–Trinajstić information content (AvgIpc) is 2.09. The minimum Gasteiger partial charge on any atom is -0.327 e. The summed E-state index contributed by atoms with van der Waals surface area (Å²) < 4.78 is 0. The van der Waals surface area contributed by atoms with Crippen LogP contribution in [0, 0.1) is 5.92 Å². The van der Waals surface area contributed by atoms with E-state index in [0.717, 1.165) is 12.0 Å². The Kier molecular flexibility index (Phi) is 4.24. The van der Waals surface area contributed by atoms with Crippen LogP contribution in [0.3, 0.4) is 0 Å². The molecule has 3 heteroatoms. The fraction of sp³-hybridized carbons (Fsp3) is 0.455. The molecule has 0 aliphatic heterocycles. The van der Waals surface area contributed by atoms with E-state index in [1.165, 1.54) is 0 Å². The zero-order chi connectivity index (χ0) is 10.7. The minimum atomic E-state index is 0.147. The second kappa shape index (κ2) is 5.01. The second-order valence-electron chi connectivity index (χ2n) is 3.85. The van der Waals surface area contributed by atoms with Crippen molar-refractivity contribution in [1.29, 1.82) is 0 Å². The minimum absolute atomic E-state index is 0.147. The van der Waals surface area contributed by atoms with Crippen molar-refractivity contribution in [3.63, 3.8) is 0 Å². The number of rotatable bonds is 3. The quantitative estimate of drug-likeness (QED) is 0.847. The van der Waals surface area contributed by atoms with Gasteiger partial charge in [0.25, 0.3) is 0 Å². The zero-order valence-corrected chi connectivity index (χ0v) is 9.94. The van der Waals surface area contributed by atoms with Crippen LogP contribution < -0.4 is 5.73 Å². The van der Waals surface area contributed by atoms with Crippen LogP contribution in [0.25, 0.3) is 0 Å². The van der Waals surface area contributed by atoms with Crippen LogP contribution in [0.5, 0.6) is 0 Å². The summed E-state index contributed by atoms with van der Waals surface area (Å²) in [6.45, 7) is 4.21. The molecule has 1 unspecified atom stereocenters. The largest absolute Gasteiger partial charge is 0.327 e. The fourth-order valence-corrected chi connectivity index (χ4v) is 1.66. The SMILES string of the molecule is CC(C)C(N)Cc1ccc(Cl)cc1Cl. The lowest BCUT2D eigenvalue weighted by Crippen LogP contribution is -2.28. The van der Waals surface area contributed by atoms with Crippen LogP contribution >= 0.6 is 23.2 Å². The first-order valence-corrected chi connectivity index (χ1v) is 5.46. The summed E-state index contributed by atoms with van der Waals surface area (Å²) in [6, 6.07) is 5.68. The van der Waals surface area contributed by atoms with E-state index < -0.39 is 0 Å². The van der Waals surface area contributed by atoms with E-state index in [0.29, 0.717) is 16.0 Å². The standard InChI is InChI=1S/C11H15Cl2N/c1-7(2)11(14)5-8-3-4-9(12)6-10(8)13/h3-4,6-7,11H,5,14H2,1-2H3. The fourth-order valence-electron chi connectivity index (χ4n) is 1.18. The Morgan fingerprint density at radius 1 is 1.29 bits per heavy atom. The summed E-state index contributed by atoms with van der Waals surface area (Å²) in [6.07, 6.45) is 0.799. The van der Waals surface area contributed by atoms with E-state index >= 15 is 0 Å². The van der Waals surface area contributed by atoms with Crippen molar-refractivity contribution in [3.05, 3.63) is 33.8 Å². The van der Waals surface area contributed by atoms with Gasteiger partial charge in [-0.05, 0) is 30.0 Å². The Morgan fingerprint density at radius 2 is 1.93 bits per heavy atom. The molecule has 0 bridgehead atoms. The van der Waals surface area contributed by atoms with Gasteiger partial charge >= 0.3 is 0 Å². The molecule has 0 saturated heterocycles. The molecule has 78 valence electrons. The Bertz CT molecular complexity index is 310. The smallest absolute Gasteiger partial charge is 0.0453 e. The lowest BCUT2D eigenvalue weighted by atomic mass is 9.97. The maximum atomic E-state index is 6.04. The van der Waals surface area contributed by atoms with Gasteiger partial charge in [0, 0.05) is 16.1 Å². The van der Waals surface area contributed by atoms with E-state index in [4.69, 9.17) is 28.9 Å². The van der Waals surface area contributed by atoms with Gasteiger partial charge in [-0.25, -0.2) is 0 Å². The maximum Gasteiger partial charge on any atom is 0.0453 e. The molecule has 1 rings (SSSR count). The summed E-state index contributed by atoms with van der Waals surface area (Å²) in [5.41, 5.74) is 7.03. The van der Waals surface area contributed by atoms with Gasteiger partial charge in [0.1, 0.15) is 0 Å². The highest BCUT2D eigenvalue weighted by Gasteiger charge is 2.10. The van der Waals surface area contributed by atoms with Crippen LogP contribution in [0.15, 0.2) is 18.2 Å². The summed E-state index contributed by atoms with van der Waals surface area (Å²) >= 11 is 11.8. The molecule has 1 atom stereocenters. The molecule has 14 heavy (non-hydrogen) atoms. The highest BCUT2D eigenvalue weighted by Crippen LogP contribution is 2.22. The van der Waals surface area contributed by atoms with Gasteiger partial charge < -0.3 is 5.73 Å². The lowest BCUT2D eigenvalue weighted by molar-refractivity contribution is 0.490. The summed E-state index contributed by atoms with van der Waals surface area (Å²) in [5.74, 6) is 0.460. The molecule has 0 radical (unpaired) electrons. The van der Waals surface area contributed by atoms with Crippen molar-refractivity contribution in [2.24, 2.45) is 11.7 Å². The van der Waals surface area contributed by atoms with Gasteiger partial charge in [-0.1, -0.05) is 43.1 Å². The molecule has 0 aliphatic carbocycles. The number of nitrogens with two attached hydrogens (primary N) is 1. The monoisotopic (exact) mass is 231 g/mol. The highest BCUT2D eigenvalue weighted by molar-refractivity contribution is 6.35. The highest BCUT2D eigenvalue weighted by atomic mass is 35.5. The summed E-state index contributed by atoms with van der Waals surface area (Å²) in [5, 5.41) is 1.37. The van der Waals surface area contributed by atoms with Crippen molar-refractivity contribution in [2.75, 3.05) is 0 Å². The summed E-state index contributed by atoms with van der Waals surface area (Å²) in [4.78, 5) is 0. The molecular formula is C11H15Cl2N. The molecule has 0 aliphatic rings. The van der Waals surface area contributed by atoms with E-state index in [1.54, 1.807) is 6.07 Å². The Morgan fingerprint density at radius 3 is 2.43 bits per heavy atom. The van der Waals surface area contributed by atoms with Crippen molar-refractivity contribution in [1.82, 2.24) is 0 Å². The predicted molar refractivity (Wildman–Crippen MR) is 63.0 cm³/mol. The molecule has 1 aromatic rings. The lowest BCUT2D eigenvalue weighted by Gasteiger charge is -2.16. The predicted octanol–water partition coefficient (Wildman–Crippen LogP) is 3.52. The second-order valence-corrected chi connectivity index (χ2v) is 4.69. The molecule has 2 N–H and O–H groups in total. The van der Waals surface area contributed by atoms with Crippen LogP contribution in [0.1, 0.15) is 19.4 Å². The van der Waals surface area contributed by atoms with Gasteiger partial charge in [-0.15, -0.1) is 0 Å². The maximum absolute atomic E-state index is 6.04. The van der Waals surface area contributed by atoms with Crippen LogP contribution in [0.4, 0.5) is 0 Å². The zero-order valence-electron chi connectivity index (χ0n) is 8.43. The third kappa shape index (κ3) is 3.16. The Labute approximate surface area is 95.2 Å². The number of benzene rings is 1. The Balaban J connectivity index is 2.77. The van der Waals surface area contributed by atoms with Crippen molar-refractivity contribution < 1.29 is 0 Å². The van der Waals surface area contributed by atoms with Gasteiger partial charge in [0.05, 0.1) is 0 Å². The normalized spacial score (nSPS) is 13.3. The summed E-state index contributed by atoms with van der Waals surface area (Å²) in [7, 11) is 0. The van der Waals surface area contributed by atoms with Crippen molar-refractivity contribution in [3.8, 4) is 0 Å². The van der Waals surface area contributed by atoms with E-state index in [1.807, 2.05) is 12.1 Å². The molecule has 0 fully saturated rings. The van der Waals surface area contributed by atoms with Crippen molar-refractivity contribution >= 4 is 23.2 Å². The first kappa shape index (κ1) is 11.8. The van der Waals surface area contributed by atoms with Gasteiger partial charge in [-0.3, -0.25) is 0 Å². The Hall–Kier alpha value is -0.240. The molecule has 0 heterocycles. The number of hydrogen-bond acceptors (Lipinski definition) is 1. The number of hydrogen-bond donors (Lipinski definition) is 1. The first-order valence-electron chi connectivity index (χ1n) is 4.70. The third-order valence-electron chi connectivity index (χ3n) is 2.33. The third-order valence-corrected chi connectivity index (χ3v) is 2.91. The molecule has 0 spiro atoms. The molecule has 1 nitrogen and oxygen atoms in total. The van der Waals surface area contributed by atoms with Crippen LogP contribution in [-0.4, -0.2) is 6.04 Å². The molecule has 0 aromatic heterocycles. The molecule has 0 saturated carbocycles. The van der Waals surface area contributed by atoms with Crippen LogP contribution in [-0.2, 0) is 6.42 Å². The molecular weight excluding hydrogens is 217 g/mol. The van der Waals surface area contributed by atoms with Gasteiger partial charge in [0.2, 0.25) is 0 Å². The van der Waals surface area contributed by atoms with Gasteiger partial charge in [0.15, 0.2) is 0 Å². The molecule has 1 aromatic carbocycles. The van der Waals surface area contributed by atoms with E-state index in [-0.39, 0.29) is 6.04 Å². The topological polar surface area (TPSA) is 26.0 Å². The number of halogens is 2.